The van der Waals surface area contributed by atoms with E-state index in [2.05, 4.69) is 12.2 Å². The number of aliphatic hydroxyl groups is 1. The number of β-amino-alcohol motifs (C(OH)–C–C–N with tert-alkyl or cyclic N) is 1. The summed E-state index contributed by atoms with van der Waals surface area (Å²) in [6.07, 6.45) is 3.84. The Hall–Kier alpha value is -2.08. The first-order valence-electron chi connectivity index (χ1n) is 10.2. The summed E-state index contributed by atoms with van der Waals surface area (Å²) in [5, 5.41) is 13.2. The number of aliphatic hydroxyl groups excluding tert-OH is 1. The molecule has 2 rings (SSSR count). The first-order valence-corrected chi connectivity index (χ1v) is 10.2. The van der Waals surface area contributed by atoms with Crippen molar-refractivity contribution in [1.82, 2.24) is 10.2 Å². The van der Waals surface area contributed by atoms with E-state index in [9.17, 15) is 14.7 Å². The Bertz CT molecular complexity index is 719. The smallest absolute Gasteiger partial charge is 0.325 e. The summed E-state index contributed by atoms with van der Waals surface area (Å²) in [5.74, 6) is 0.480. The number of aryl methyl sites for hydroxylation is 2. The van der Waals surface area contributed by atoms with Crippen molar-refractivity contribution in [1.29, 1.82) is 0 Å². The molecule has 2 atom stereocenters. The van der Waals surface area contributed by atoms with Gasteiger partial charge in [-0.2, -0.15) is 0 Å². The van der Waals surface area contributed by atoms with Crippen LogP contribution in [0.15, 0.2) is 12.1 Å². The van der Waals surface area contributed by atoms with Crippen molar-refractivity contribution < 1.29 is 19.4 Å². The van der Waals surface area contributed by atoms with Gasteiger partial charge in [-0.15, -0.1) is 0 Å². The molecule has 6 nitrogen and oxygen atoms in total. The predicted molar refractivity (Wildman–Crippen MR) is 110 cm³/mol. The summed E-state index contributed by atoms with van der Waals surface area (Å²) in [6.45, 7) is 9.79. The number of nitrogens with zero attached hydrogens (tertiary/aromatic N) is 1. The zero-order valence-corrected chi connectivity index (χ0v) is 17.8. The number of benzene rings is 1. The third-order valence-electron chi connectivity index (χ3n) is 5.56. The van der Waals surface area contributed by atoms with Crippen molar-refractivity contribution in [2.75, 3.05) is 13.2 Å². The maximum absolute atomic E-state index is 12.8. The maximum atomic E-state index is 12.8. The van der Waals surface area contributed by atoms with Gasteiger partial charge in [0.25, 0.3) is 5.91 Å². The van der Waals surface area contributed by atoms with Crippen LogP contribution in [-0.4, -0.2) is 46.7 Å². The molecule has 1 aliphatic heterocycles. The maximum Gasteiger partial charge on any atom is 0.325 e. The van der Waals surface area contributed by atoms with Crippen LogP contribution in [0.25, 0.3) is 0 Å². The van der Waals surface area contributed by atoms with Gasteiger partial charge in [-0.3, -0.25) is 9.69 Å². The molecule has 0 unspecified atom stereocenters. The van der Waals surface area contributed by atoms with Gasteiger partial charge in [-0.1, -0.05) is 44.7 Å². The Balaban J connectivity index is 1.93. The second-order valence-corrected chi connectivity index (χ2v) is 8.11. The molecule has 1 saturated heterocycles. The molecule has 2 N–H and O–H groups in total. The van der Waals surface area contributed by atoms with Crippen molar-refractivity contribution >= 4 is 11.9 Å². The van der Waals surface area contributed by atoms with E-state index in [0.717, 1.165) is 53.0 Å². The Morgan fingerprint density at radius 2 is 1.82 bits per heavy atom. The second kappa shape index (κ2) is 9.41. The molecule has 1 aromatic carbocycles. The molecule has 0 aliphatic carbocycles. The van der Waals surface area contributed by atoms with Gasteiger partial charge in [0.15, 0.2) is 0 Å². The number of ether oxygens (including phenoxy) is 1. The number of imide groups is 1. The summed E-state index contributed by atoms with van der Waals surface area (Å²) >= 11 is 0. The zero-order chi connectivity index (χ0) is 20.9. The lowest BCUT2D eigenvalue weighted by Gasteiger charge is -2.23. The van der Waals surface area contributed by atoms with Crippen LogP contribution in [0.1, 0.15) is 62.6 Å². The minimum Gasteiger partial charge on any atom is -0.490 e. The quantitative estimate of drug-likeness (QED) is 0.472. The van der Waals surface area contributed by atoms with Gasteiger partial charge < -0.3 is 15.2 Å². The van der Waals surface area contributed by atoms with Gasteiger partial charge in [-0.05, 0) is 50.8 Å². The molecule has 1 aromatic rings. The minimum atomic E-state index is -0.948. The first kappa shape index (κ1) is 22.2. The number of urea groups is 1. The first-order chi connectivity index (χ1) is 13.2. The van der Waals surface area contributed by atoms with Crippen LogP contribution >= 0.6 is 0 Å². The number of unbranched alkanes of at least 4 members (excludes halogenated alkanes) is 3. The van der Waals surface area contributed by atoms with E-state index >= 15 is 0 Å². The van der Waals surface area contributed by atoms with Crippen molar-refractivity contribution in [3.05, 3.63) is 28.8 Å². The number of carbonyl (C=O) groups is 2. The molecule has 1 aliphatic rings. The SMILES string of the molecule is CCCCCC[C@]1(C)NC(=O)N(C[C@@H](O)COc2c(C)ccc(C)c2C)C1=O. The molecule has 1 heterocycles. The molecule has 0 bridgehead atoms. The Kier molecular flexibility index (Phi) is 7.47. The fourth-order valence-electron chi connectivity index (χ4n) is 3.58. The summed E-state index contributed by atoms with van der Waals surface area (Å²) in [5.41, 5.74) is 2.25. The standard InChI is InChI=1S/C22H34N2O4/c1-6-7-8-9-12-22(5)20(26)24(21(27)23-22)13-18(25)14-28-19-16(3)11-10-15(2)17(19)4/h10-11,18,25H,6-9,12-14H2,1-5H3,(H,23,27)/t18-,22+/m1/s1. The van der Waals surface area contributed by atoms with Crippen LogP contribution in [0.4, 0.5) is 4.79 Å². The Morgan fingerprint density at radius 1 is 1.14 bits per heavy atom. The lowest BCUT2D eigenvalue weighted by Crippen LogP contribution is -2.45. The highest BCUT2D eigenvalue weighted by Crippen LogP contribution is 2.27. The van der Waals surface area contributed by atoms with Gasteiger partial charge in [0.2, 0.25) is 0 Å². The van der Waals surface area contributed by atoms with E-state index in [4.69, 9.17) is 4.74 Å². The van der Waals surface area contributed by atoms with E-state index in [1.165, 1.54) is 0 Å². The van der Waals surface area contributed by atoms with E-state index in [1.54, 1.807) is 6.92 Å². The highest BCUT2D eigenvalue weighted by atomic mass is 16.5. The van der Waals surface area contributed by atoms with Gasteiger partial charge in [-0.25, -0.2) is 4.79 Å². The molecule has 6 heteroatoms. The van der Waals surface area contributed by atoms with Crippen molar-refractivity contribution in [2.45, 2.75) is 78.4 Å². The van der Waals surface area contributed by atoms with Gasteiger partial charge in [0, 0.05) is 0 Å². The van der Waals surface area contributed by atoms with Crippen LogP contribution in [0.3, 0.4) is 0 Å². The average molecular weight is 391 g/mol. The van der Waals surface area contributed by atoms with Gasteiger partial charge in [0.1, 0.15) is 24.0 Å². The molecule has 0 spiro atoms. The zero-order valence-electron chi connectivity index (χ0n) is 17.8. The number of rotatable bonds is 10. The third kappa shape index (κ3) is 5.04. The predicted octanol–water partition coefficient (Wildman–Crippen LogP) is 3.63. The molecule has 1 fully saturated rings. The number of carbonyl (C=O) groups excluding carboxylic acids is 2. The van der Waals surface area contributed by atoms with Crippen LogP contribution < -0.4 is 10.1 Å². The van der Waals surface area contributed by atoms with Crippen LogP contribution in [0, 0.1) is 20.8 Å². The number of hydrogen-bond acceptors (Lipinski definition) is 4. The molecule has 0 aromatic heterocycles. The van der Waals surface area contributed by atoms with E-state index < -0.39 is 17.7 Å². The summed E-state index contributed by atoms with van der Waals surface area (Å²) in [7, 11) is 0. The van der Waals surface area contributed by atoms with Crippen molar-refractivity contribution in [2.24, 2.45) is 0 Å². The van der Waals surface area contributed by atoms with E-state index in [-0.39, 0.29) is 19.1 Å². The number of nitrogens with one attached hydrogen (secondary N) is 1. The third-order valence-corrected chi connectivity index (χ3v) is 5.56. The summed E-state index contributed by atoms with van der Waals surface area (Å²) in [6, 6.07) is 3.57. The lowest BCUT2D eigenvalue weighted by atomic mass is 9.94. The summed E-state index contributed by atoms with van der Waals surface area (Å²) in [4.78, 5) is 26.2. The second-order valence-electron chi connectivity index (χ2n) is 8.11. The monoisotopic (exact) mass is 390 g/mol. The van der Waals surface area contributed by atoms with Crippen LogP contribution in [0.5, 0.6) is 5.75 Å². The highest BCUT2D eigenvalue weighted by Gasteiger charge is 2.47. The molecule has 3 amide bonds. The van der Waals surface area contributed by atoms with Crippen LogP contribution in [-0.2, 0) is 4.79 Å². The lowest BCUT2D eigenvalue weighted by molar-refractivity contribution is -0.132. The number of amides is 3. The fraction of sp³-hybridized carbons (Fsp3) is 0.636. The molecule has 156 valence electrons. The fourth-order valence-corrected chi connectivity index (χ4v) is 3.58. The topological polar surface area (TPSA) is 78.9 Å². The highest BCUT2D eigenvalue weighted by molar-refractivity contribution is 6.06. The van der Waals surface area contributed by atoms with E-state index in [1.807, 2.05) is 32.9 Å². The minimum absolute atomic E-state index is 0.0232. The van der Waals surface area contributed by atoms with Gasteiger partial charge >= 0.3 is 6.03 Å². The Morgan fingerprint density at radius 3 is 2.50 bits per heavy atom. The largest absolute Gasteiger partial charge is 0.490 e. The average Bonchev–Trinajstić information content (AvgIpc) is 2.85. The van der Waals surface area contributed by atoms with Crippen molar-refractivity contribution in [3.8, 4) is 5.75 Å². The Labute approximate surface area is 168 Å². The molecular weight excluding hydrogens is 356 g/mol. The normalized spacial score (nSPS) is 20.4. The number of hydrogen-bond donors (Lipinski definition) is 2. The molecule has 0 saturated carbocycles. The van der Waals surface area contributed by atoms with E-state index in [0.29, 0.717) is 6.42 Å². The van der Waals surface area contributed by atoms with Crippen molar-refractivity contribution in [3.63, 3.8) is 0 Å². The molecule has 28 heavy (non-hydrogen) atoms. The van der Waals surface area contributed by atoms with Crippen LogP contribution in [0.2, 0.25) is 0 Å². The van der Waals surface area contributed by atoms with Gasteiger partial charge in [0.05, 0.1) is 6.54 Å². The molecular formula is C22H34N2O4. The summed E-state index contributed by atoms with van der Waals surface area (Å²) < 4.78 is 5.82. The molecule has 0 radical (unpaired) electrons.